The van der Waals surface area contributed by atoms with Crippen LogP contribution in [0.25, 0.3) is 17.0 Å². The van der Waals surface area contributed by atoms with Gasteiger partial charge in [0.1, 0.15) is 5.75 Å². The summed E-state index contributed by atoms with van der Waals surface area (Å²) >= 11 is 5.62. The molecular formula is C23H24N4O2S. The summed E-state index contributed by atoms with van der Waals surface area (Å²) in [7, 11) is 1.66. The summed E-state index contributed by atoms with van der Waals surface area (Å²) in [5.74, 6) is 1.85. The summed E-state index contributed by atoms with van der Waals surface area (Å²) in [5.41, 5.74) is 5.06. The number of aryl methyl sites for hydroxylation is 1. The van der Waals surface area contributed by atoms with E-state index in [2.05, 4.69) is 24.3 Å². The summed E-state index contributed by atoms with van der Waals surface area (Å²) < 4.78 is 11.0. The van der Waals surface area contributed by atoms with Crippen molar-refractivity contribution in [3.8, 4) is 17.1 Å². The maximum absolute atomic E-state index is 5.73. The summed E-state index contributed by atoms with van der Waals surface area (Å²) in [6.45, 7) is 6.90. The molecule has 3 aromatic rings. The molecule has 1 unspecified atom stereocenters. The van der Waals surface area contributed by atoms with Gasteiger partial charge in [0.25, 0.3) is 5.89 Å². The van der Waals surface area contributed by atoms with Gasteiger partial charge in [-0.15, -0.1) is 0 Å². The van der Waals surface area contributed by atoms with Gasteiger partial charge in [0, 0.05) is 17.8 Å². The van der Waals surface area contributed by atoms with Crippen molar-refractivity contribution in [3.63, 3.8) is 0 Å². The fraction of sp³-hybridized carbons (Fsp3) is 0.261. The highest BCUT2D eigenvalue weighted by Crippen LogP contribution is 2.37. The molecule has 6 nitrogen and oxygen atoms in total. The molecule has 0 fully saturated rings. The number of rotatable bonds is 5. The number of benzene rings is 2. The van der Waals surface area contributed by atoms with Crippen molar-refractivity contribution in [2.45, 2.75) is 26.8 Å². The Hall–Kier alpha value is -3.19. The lowest BCUT2D eigenvalue weighted by molar-refractivity contribution is 0.398. The van der Waals surface area contributed by atoms with E-state index < -0.39 is 0 Å². The van der Waals surface area contributed by atoms with Crippen LogP contribution in [0.4, 0.5) is 0 Å². The van der Waals surface area contributed by atoms with Crippen LogP contribution in [-0.2, 0) is 0 Å². The van der Waals surface area contributed by atoms with Crippen LogP contribution >= 0.6 is 12.2 Å². The van der Waals surface area contributed by atoms with Crippen molar-refractivity contribution < 1.29 is 9.26 Å². The van der Waals surface area contributed by atoms with E-state index in [0.717, 1.165) is 34.7 Å². The van der Waals surface area contributed by atoms with Gasteiger partial charge in [-0.3, -0.25) is 0 Å². The van der Waals surface area contributed by atoms with E-state index in [9.17, 15) is 0 Å². The van der Waals surface area contributed by atoms with Gasteiger partial charge in [0.15, 0.2) is 5.11 Å². The first-order valence-corrected chi connectivity index (χ1v) is 10.3. The van der Waals surface area contributed by atoms with Crippen molar-refractivity contribution >= 4 is 22.9 Å². The molecule has 0 aliphatic carbocycles. The first-order chi connectivity index (χ1) is 14.5. The zero-order chi connectivity index (χ0) is 21.3. The molecule has 154 valence electrons. The Balaban J connectivity index is 1.79. The summed E-state index contributed by atoms with van der Waals surface area (Å²) in [6.07, 6.45) is 0. The Morgan fingerprint density at radius 2 is 1.80 bits per heavy atom. The van der Waals surface area contributed by atoms with Crippen LogP contribution in [0.5, 0.6) is 5.75 Å². The highest BCUT2D eigenvalue weighted by Gasteiger charge is 2.33. The van der Waals surface area contributed by atoms with E-state index in [4.69, 9.17) is 26.5 Å². The van der Waals surface area contributed by atoms with Gasteiger partial charge >= 0.3 is 0 Å². The number of allylic oxidation sites excluding steroid dienone is 1. The smallest absolute Gasteiger partial charge is 0.258 e. The molecule has 1 aliphatic rings. The number of ether oxygens (including phenoxy) is 1. The fourth-order valence-corrected chi connectivity index (χ4v) is 4.02. The third kappa shape index (κ3) is 3.68. The molecule has 2 heterocycles. The van der Waals surface area contributed by atoms with Crippen molar-refractivity contribution in [2.75, 3.05) is 13.7 Å². The zero-order valence-corrected chi connectivity index (χ0v) is 18.3. The molecule has 1 atom stereocenters. The predicted molar refractivity (Wildman–Crippen MR) is 121 cm³/mol. The van der Waals surface area contributed by atoms with E-state index >= 15 is 0 Å². The lowest BCUT2D eigenvalue weighted by Crippen LogP contribution is -2.45. The Bertz CT molecular complexity index is 1090. The number of methoxy groups -OCH3 is 1. The van der Waals surface area contributed by atoms with Crippen molar-refractivity contribution in [1.29, 1.82) is 0 Å². The van der Waals surface area contributed by atoms with Crippen LogP contribution < -0.4 is 10.1 Å². The number of thiocarbonyl (C=S) groups is 1. The topological polar surface area (TPSA) is 63.4 Å². The maximum Gasteiger partial charge on any atom is 0.258 e. The standard InChI is InChI=1S/C23H24N4O2S/c1-5-27-15(3)19(20(24-23(27)30)16-10-12-18(28-4)13-11-16)22-25-21(26-29-22)17-8-6-14(2)7-9-17/h6-13,20H,5H2,1-4H3,(H,24,30). The highest BCUT2D eigenvalue weighted by molar-refractivity contribution is 7.80. The van der Waals surface area contributed by atoms with Gasteiger partial charge in [-0.05, 0) is 50.7 Å². The first-order valence-electron chi connectivity index (χ1n) is 9.85. The molecule has 0 spiro atoms. The lowest BCUT2D eigenvalue weighted by atomic mass is 9.94. The summed E-state index contributed by atoms with van der Waals surface area (Å²) in [5, 5.41) is 8.35. The van der Waals surface area contributed by atoms with Crippen molar-refractivity contribution in [2.24, 2.45) is 0 Å². The number of hydrogen-bond acceptors (Lipinski definition) is 5. The van der Waals surface area contributed by atoms with Crippen LogP contribution in [-0.4, -0.2) is 33.8 Å². The Labute approximate surface area is 181 Å². The van der Waals surface area contributed by atoms with E-state index in [-0.39, 0.29) is 6.04 Å². The van der Waals surface area contributed by atoms with E-state index in [1.807, 2.05) is 60.4 Å². The van der Waals surface area contributed by atoms with Crippen molar-refractivity contribution in [3.05, 3.63) is 71.2 Å². The molecule has 7 heteroatoms. The van der Waals surface area contributed by atoms with Gasteiger partial charge in [-0.25, -0.2) is 0 Å². The van der Waals surface area contributed by atoms with Crippen LogP contribution in [0.3, 0.4) is 0 Å². The zero-order valence-electron chi connectivity index (χ0n) is 17.5. The van der Waals surface area contributed by atoms with Gasteiger partial charge in [-0.1, -0.05) is 47.1 Å². The second-order valence-electron chi connectivity index (χ2n) is 7.19. The molecule has 4 rings (SSSR count). The molecule has 0 amide bonds. The van der Waals surface area contributed by atoms with Crippen LogP contribution in [0.15, 0.2) is 58.8 Å². The Morgan fingerprint density at radius 3 is 2.43 bits per heavy atom. The molecule has 1 aromatic heterocycles. The molecule has 1 aliphatic heterocycles. The second kappa shape index (κ2) is 8.28. The normalized spacial score (nSPS) is 16.6. The summed E-state index contributed by atoms with van der Waals surface area (Å²) in [6, 6.07) is 15.8. The monoisotopic (exact) mass is 420 g/mol. The molecule has 0 saturated carbocycles. The van der Waals surface area contributed by atoms with Gasteiger partial charge < -0.3 is 19.5 Å². The third-order valence-corrected chi connectivity index (χ3v) is 5.67. The minimum Gasteiger partial charge on any atom is -0.497 e. The molecule has 0 saturated heterocycles. The molecule has 0 bridgehead atoms. The van der Waals surface area contributed by atoms with Crippen LogP contribution in [0.2, 0.25) is 0 Å². The minimum atomic E-state index is -0.197. The Morgan fingerprint density at radius 1 is 1.10 bits per heavy atom. The number of nitrogens with zero attached hydrogens (tertiary/aromatic N) is 3. The predicted octanol–water partition coefficient (Wildman–Crippen LogP) is 4.74. The molecule has 30 heavy (non-hydrogen) atoms. The largest absolute Gasteiger partial charge is 0.497 e. The van der Waals surface area contributed by atoms with E-state index in [1.165, 1.54) is 5.56 Å². The first kappa shape index (κ1) is 20.1. The lowest BCUT2D eigenvalue weighted by Gasteiger charge is -2.36. The van der Waals surface area contributed by atoms with Gasteiger partial charge in [0.2, 0.25) is 5.82 Å². The minimum absolute atomic E-state index is 0.197. The number of nitrogens with one attached hydrogen (secondary N) is 1. The van der Waals surface area contributed by atoms with Gasteiger partial charge in [0.05, 0.1) is 18.7 Å². The number of aromatic nitrogens is 2. The highest BCUT2D eigenvalue weighted by atomic mass is 32.1. The molecular weight excluding hydrogens is 396 g/mol. The average molecular weight is 421 g/mol. The molecule has 0 radical (unpaired) electrons. The molecule has 1 N–H and O–H groups in total. The number of hydrogen-bond donors (Lipinski definition) is 1. The van der Waals surface area contributed by atoms with Gasteiger partial charge in [-0.2, -0.15) is 4.98 Å². The average Bonchev–Trinajstić information content (AvgIpc) is 3.24. The van der Waals surface area contributed by atoms with E-state index in [1.54, 1.807) is 7.11 Å². The van der Waals surface area contributed by atoms with E-state index in [0.29, 0.717) is 16.8 Å². The summed E-state index contributed by atoms with van der Waals surface area (Å²) in [4.78, 5) is 6.76. The third-order valence-electron chi connectivity index (χ3n) is 5.33. The quantitative estimate of drug-likeness (QED) is 0.598. The van der Waals surface area contributed by atoms with Crippen LogP contribution in [0.1, 0.15) is 36.9 Å². The Kier molecular flexibility index (Phi) is 5.55. The maximum atomic E-state index is 5.73. The van der Waals surface area contributed by atoms with Crippen molar-refractivity contribution in [1.82, 2.24) is 20.4 Å². The van der Waals surface area contributed by atoms with Crippen LogP contribution in [0, 0.1) is 6.92 Å². The molecule has 2 aromatic carbocycles. The second-order valence-corrected chi connectivity index (χ2v) is 7.57. The SMILES string of the molecule is CCN1C(=S)NC(c2ccc(OC)cc2)C(c2nc(-c3ccc(C)cc3)no2)=C1C. The fourth-order valence-electron chi connectivity index (χ4n) is 3.64.